The number of amides is 1. The van der Waals surface area contributed by atoms with E-state index in [1.807, 2.05) is 23.1 Å². The average molecular weight is 402 g/mol. The normalized spacial score (nSPS) is 18.6. The number of halogens is 3. The summed E-state index contributed by atoms with van der Waals surface area (Å²) in [6, 6.07) is 15.3. The number of piperidine rings is 1. The highest BCUT2D eigenvalue weighted by molar-refractivity contribution is 5.95. The van der Waals surface area contributed by atoms with Crippen molar-refractivity contribution < 1.29 is 18.0 Å². The molecule has 6 heteroatoms. The van der Waals surface area contributed by atoms with Crippen molar-refractivity contribution in [1.82, 2.24) is 9.80 Å². The van der Waals surface area contributed by atoms with E-state index in [1.54, 1.807) is 0 Å². The first-order valence-corrected chi connectivity index (χ1v) is 10.2. The summed E-state index contributed by atoms with van der Waals surface area (Å²) in [5.74, 6) is -0.136. The summed E-state index contributed by atoms with van der Waals surface area (Å²) in [6.07, 6.45) is -0.623. The van der Waals surface area contributed by atoms with Crippen LogP contribution in [0.15, 0.2) is 54.6 Å². The summed E-state index contributed by atoms with van der Waals surface area (Å²) in [7, 11) is 0. The van der Waals surface area contributed by atoms with E-state index in [1.165, 1.54) is 17.7 Å². The van der Waals surface area contributed by atoms with Crippen molar-refractivity contribution in [2.24, 2.45) is 0 Å². The molecule has 0 bridgehead atoms. The zero-order valence-electron chi connectivity index (χ0n) is 16.2. The molecule has 2 aromatic rings. The average Bonchev–Trinajstić information content (AvgIpc) is 3.55. The van der Waals surface area contributed by atoms with E-state index >= 15 is 0 Å². The number of alkyl halides is 3. The molecule has 3 nitrogen and oxygen atoms in total. The van der Waals surface area contributed by atoms with Gasteiger partial charge in [0, 0.05) is 37.3 Å². The monoisotopic (exact) mass is 402 g/mol. The first-order valence-electron chi connectivity index (χ1n) is 10.2. The van der Waals surface area contributed by atoms with Crippen LogP contribution in [0.5, 0.6) is 0 Å². The van der Waals surface area contributed by atoms with Gasteiger partial charge < -0.3 is 4.90 Å². The summed E-state index contributed by atoms with van der Waals surface area (Å²) in [4.78, 5) is 17.4. The smallest absolute Gasteiger partial charge is 0.333 e. The van der Waals surface area contributed by atoms with E-state index < -0.39 is 11.7 Å². The molecular formula is C23H25F3N2O. The largest absolute Gasteiger partial charge is 0.416 e. The highest BCUT2D eigenvalue weighted by atomic mass is 19.4. The molecule has 0 unspecified atom stereocenters. The van der Waals surface area contributed by atoms with Crippen LogP contribution in [0.25, 0.3) is 0 Å². The van der Waals surface area contributed by atoms with Crippen molar-refractivity contribution in [2.45, 2.75) is 50.5 Å². The van der Waals surface area contributed by atoms with Crippen molar-refractivity contribution in [2.75, 3.05) is 13.1 Å². The molecule has 0 aromatic heterocycles. The number of carbonyl (C=O) groups is 1. The predicted molar refractivity (Wildman–Crippen MR) is 105 cm³/mol. The fourth-order valence-electron chi connectivity index (χ4n) is 4.13. The molecule has 0 spiro atoms. The van der Waals surface area contributed by atoms with Crippen LogP contribution >= 0.6 is 0 Å². The second-order valence-corrected chi connectivity index (χ2v) is 8.01. The number of carbonyl (C=O) groups excluding carboxylic acids is 1. The number of likely N-dealkylation sites (tertiary alicyclic amines) is 1. The molecule has 1 saturated carbocycles. The maximum atomic E-state index is 13.1. The Kier molecular flexibility index (Phi) is 5.63. The minimum atomic E-state index is -4.39. The van der Waals surface area contributed by atoms with Crippen LogP contribution in [0.2, 0.25) is 0 Å². The Morgan fingerprint density at radius 2 is 1.48 bits per heavy atom. The molecule has 1 amide bonds. The van der Waals surface area contributed by atoms with Gasteiger partial charge >= 0.3 is 6.18 Å². The quantitative estimate of drug-likeness (QED) is 0.705. The lowest BCUT2D eigenvalue weighted by Crippen LogP contribution is -2.48. The lowest BCUT2D eigenvalue weighted by atomic mass is 10.0. The van der Waals surface area contributed by atoms with E-state index in [9.17, 15) is 18.0 Å². The van der Waals surface area contributed by atoms with E-state index in [2.05, 4.69) is 17.0 Å². The lowest BCUT2D eigenvalue weighted by Gasteiger charge is -2.39. The molecule has 1 aliphatic heterocycles. The predicted octanol–water partition coefficient (Wildman–Crippen LogP) is 4.97. The number of nitrogens with zero attached hydrogens (tertiary/aromatic N) is 2. The molecule has 4 rings (SSSR count). The van der Waals surface area contributed by atoms with E-state index in [4.69, 9.17) is 0 Å². The highest BCUT2D eigenvalue weighted by Gasteiger charge is 2.39. The third kappa shape index (κ3) is 4.81. The van der Waals surface area contributed by atoms with Crippen LogP contribution in [0.4, 0.5) is 13.2 Å². The van der Waals surface area contributed by atoms with Gasteiger partial charge in [-0.1, -0.05) is 30.3 Å². The van der Waals surface area contributed by atoms with Gasteiger partial charge in [-0.05, 0) is 55.5 Å². The Labute approximate surface area is 169 Å². The molecule has 29 heavy (non-hydrogen) atoms. The first-order chi connectivity index (χ1) is 13.9. The van der Waals surface area contributed by atoms with Gasteiger partial charge in [0.2, 0.25) is 0 Å². The van der Waals surface area contributed by atoms with Gasteiger partial charge in [-0.3, -0.25) is 9.69 Å². The summed E-state index contributed by atoms with van der Waals surface area (Å²) < 4.78 is 38.4. The summed E-state index contributed by atoms with van der Waals surface area (Å²) in [5, 5.41) is 0. The fraction of sp³-hybridized carbons (Fsp3) is 0.435. The van der Waals surface area contributed by atoms with Crippen molar-refractivity contribution in [1.29, 1.82) is 0 Å². The standard InChI is InChI=1S/C23H25F3N2O/c24-23(25,26)19-8-6-18(7-9-19)22(29)28(20-10-11-20)21-12-14-27(15-13-21)16-17-4-2-1-3-5-17/h1-9,20-21H,10-16H2. The van der Waals surface area contributed by atoms with Gasteiger partial charge in [0.15, 0.2) is 0 Å². The third-order valence-corrected chi connectivity index (χ3v) is 5.83. The van der Waals surface area contributed by atoms with Crippen molar-refractivity contribution in [3.8, 4) is 0 Å². The Hall–Kier alpha value is -2.34. The van der Waals surface area contributed by atoms with E-state index in [0.717, 1.165) is 57.5 Å². The van der Waals surface area contributed by atoms with E-state index in [-0.39, 0.29) is 18.0 Å². The van der Waals surface area contributed by atoms with E-state index in [0.29, 0.717) is 5.56 Å². The van der Waals surface area contributed by atoms with Crippen LogP contribution in [0.1, 0.15) is 47.2 Å². The zero-order chi connectivity index (χ0) is 20.4. The number of benzene rings is 2. The third-order valence-electron chi connectivity index (χ3n) is 5.83. The summed E-state index contributed by atoms with van der Waals surface area (Å²) in [5.41, 5.74) is 0.906. The van der Waals surface area contributed by atoms with Crippen molar-refractivity contribution >= 4 is 5.91 Å². The van der Waals surface area contributed by atoms with Crippen molar-refractivity contribution in [3.05, 3.63) is 71.3 Å². The Bertz CT molecular complexity index is 823. The molecule has 0 atom stereocenters. The Balaban J connectivity index is 1.40. The van der Waals surface area contributed by atoms with Crippen LogP contribution in [-0.2, 0) is 12.7 Å². The maximum absolute atomic E-state index is 13.1. The lowest BCUT2D eigenvalue weighted by molar-refractivity contribution is -0.137. The second-order valence-electron chi connectivity index (χ2n) is 8.01. The van der Waals surface area contributed by atoms with Crippen LogP contribution in [-0.4, -0.2) is 40.9 Å². The number of hydrogen-bond acceptors (Lipinski definition) is 2. The zero-order valence-corrected chi connectivity index (χ0v) is 16.2. The van der Waals surface area contributed by atoms with Gasteiger partial charge in [-0.15, -0.1) is 0 Å². The number of rotatable bonds is 5. The minimum Gasteiger partial charge on any atom is -0.333 e. The van der Waals surface area contributed by atoms with Crippen LogP contribution < -0.4 is 0 Å². The van der Waals surface area contributed by atoms with Crippen LogP contribution in [0.3, 0.4) is 0 Å². The highest BCUT2D eigenvalue weighted by Crippen LogP contribution is 2.34. The molecule has 1 saturated heterocycles. The molecule has 0 radical (unpaired) electrons. The van der Waals surface area contributed by atoms with Crippen LogP contribution in [0, 0.1) is 0 Å². The molecule has 1 heterocycles. The first kappa shape index (κ1) is 20.0. The Morgan fingerprint density at radius 1 is 0.897 bits per heavy atom. The molecule has 0 N–H and O–H groups in total. The summed E-state index contributed by atoms with van der Waals surface area (Å²) >= 11 is 0. The molecular weight excluding hydrogens is 377 g/mol. The van der Waals surface area contributed by atoms with Crippen molar-refractivity contribution in [3.63, 3.8) is 0 Å². The fourth-order valence-corrected chi connectivity index (χ4v) is 4.13. The van der Waals surface area contributed by atoms with Gasteiger partial charge in [-0.2, -0.15) is 13.2 Å². The molecule has 2 aliphatic rings. The van der Waals surface area contributed by atoms with Gasteiger partial charge in [0.1, 0.15) is 0 Å². The molecule has 2 fully saturated rings. The second kappa shape index (κ2) is 8.19. The number of hydrogen-bond donors (Lipinski definition) is 0. The topological polar surface area (TPSA) is 23.6 Å². The SMILES string of the molecule is O=C(c1ccc(C(F)(F)F)cc1)N(C1CC1)C1CCN(Cc2ccccc2)CC1. The molecule has 2 aromatic carbocycles. The summed E-state index contributed by atoms with van der Waals surface area (Å²) in [6.45, 7) is 2.75. The van der Waals surface area contributed by atoms with Gasteiger partial charge in [0.25, 0.3) is 5.91 Å². The van der Waals surface area contributed by atoms with Gasteiger partial charge in [0.05, 0.1) is 5.56 Å². The maximum Gasteiger partial charge on any atom is 0.416 e. The molecule has 1 aliphatic carbocycles. The minimum absolute atomic E-state index is 0.136. The Morgan fingerprint density at radius 3 is 2.03 bits per heavy atom. The molecule has 154 valence electrons. The van der Waals surface area contributed by atoms with Gasteiger partial charge in [-0.25, -0.2) is 0 Å².